The van der Waals surface area contributed by atoms with Crippen molar-refractivity contribution in [2.75, 3.05) is 13.7 Å². The molecule has 0 aromatic rings. The number of urea groups is 1. The van der Waals surface area contributed by atoms with Crippen LogP contribution in [0.15, 0.2) is 0 Å². The molecular weight excluding hydrogens is 268 g/mol. The number of carbonyl (C=O) groups excluding carboxylic acids is 2. The van der Waals surface area contributed by atoms with Gasteiger partial charge in [0, 0.05) is 19.0 Å². The predicted octanol–water partition coefficient (Wildman–Crippen LogP) is 2.45. The molecule has 4 atom stereocenters. The van der Waals surface area contributed by atoms with Crippen LogP contribution in [0.2, 0.25) is 0 Å². The molecule has 0 radical (unpaired) electrons. The van der Waals surface area contributed by atoms with Gasteiger partial charge in [-0.15, -0.1) is 0 Å². The van der Waals surface area contributed by atoms with Crippen molar-refractivity contribution in [2.45, 2.75) is 57.9 Å². The second-order valence-electron chi connectivity index (χ2n) is 6.56. The van der Waals surface area contributed by atoms with E-state index in [0.717, 1.165) is 24.7 Å². The first-order chi connectivity index (χ1) is 10.1. The van der Waals surface area contributed by atoms with E-state index in [9.17, 15) is 9.59 Å². The summed E-state index contributed by atoms with van der Waals surface area (Å²) in [6.07, 6.45) is 7.34. The predicted molar refractivity (Wildman–Crippen MR) is 80.8 cm³/mol. The lowest BCUT2D eigenvalue weighted by molar-refractivity contribution is -0.140. The number of ether oxygens (including phenoxy) is 1. The van der Waals surface area contributed by atoms with E-state index in [4.69, 9.17) is 0 Å². The Bertz CT molecular complexity index is 373. The molecule has 0 spiro atoms. The Morgan fingerprint density at radius 2 is 2.05 bits per heavy atom. The van der Waals surface area contributed by atoms with Crippen LogP contribution in [0.5, 0.6) is 0 Å². The first-order valence-corrected chi connectivity index (χ1v) is 8.21. The lowest BCUT2D eigenvalue weighted by Crippen LogP contribution is -2.45. The van der Waals surface area contributed by atoms with Crippen LogP contribution in [0, 0.1) is 17.8 Å². The number of fused-ring (bicyclic) bond motifs is 2. The smallest absolute Gasteiger partial charge is 0.315 e. The molecule has 2 N–H and O–H groups in total. The maximum Gasteiger partial charge on any atom is 0.315 e. The number of hydrogen-bond acceptors (Lipinski definition) is 3. The standard InChI is InChI=1S/C16H28N2O3/c1-11(14-10-12-6-7-13(14)9-12)18-16(20)17-8-4-3-5-15(19)21-2/h11-14H,3-10H2,1-2H3,(H2,17,18,20). The summed E-state index contributed by atoms with van der Waals surface area (Å²) < 4.78 is 4.57. The second-order valence-corrected chi connectivity index (χ2v) is 6.56. The van der Waals surface area contributed by atoms with Crippen LogP contribution in [0.4, 0.5) is 4.79 Å². The summed E-state index contributed by atoms with van der Waals surface area (Å²) in [5.41, 5.74) is 0. The zero-order valence-electron chi connectivity index (χ0n) is 13.2. The van der Waals surface area contributed by atoms with Gasteiger partial charge in [-0.25, -0.2) is 4.79 Å². The molecule has 2 aliphatic rings. The fraction of sp³-hybridized carbons (Fsp3) is 0.875. The van der Waals surface area contributed by atoms with Crippen molar-refractivity contribution in [3.63, 3.8) is 0 Å². The highest BCUT2D eigenvalue weighted by Gasteiger charge is 2.42. The van der Waals surface area contributed by atoms with Crippen LogP contribution in [0.25, 0.3) is 0 Å². The van der Waals surface area contributed by atoms with Crippen LogP contribution < -0.4 is 10.6 Å². The summed E-state index contributed by atoms with van der Waals surface area (Å²) in [6, 6.07) is 0.179. The summed E-state index contributed by atoms with van der Waals surface area (Å²) in [4.78, 5) is 22.8. The fourth-order valence-corrected chi connectivity index (χ4v) is 3.97. The van der Waals surface area contributed by atoms with E-state index < -0.39 is 0 Å². The van der Waals surface area contributed by atoms with Crippen molar-refractivity contribution in [3.8, 4) is 0 Å². The maximum atomic E-state index is 11.9. The zero-order valence-corrected chi connectivity index (χ0v) is 13.2. The first kappa shape index (κ1) is 16.1. The van der Waals surface area contributed by atoms with Crippen molar-refractivity contribution < 1.29 is 14.3 Å². The van der Waals surface area contributed by atoms with Gasteiger partial charge in [0.15, 0.2) is 0 Å². The van der Waals surface area contributed by atoms with Crippen molar-refractivity contribution in [1.82, 2.24) is 10.6 Å². The van der Waals surface area contributed by atoms with E-state index in [1.54, 1.807) is 0 Å². The van der Waals surface area contributed by atoms with Crippen molar-refractivity contribution in [2.24, 2.45) is 17.8 Å². The van der Waals surface area contributed by atoms with Crippen LogP contribution in [0.1, 0.15) is 51.9 Å². The van der Waals surface area contributed by atoms with E-state index in [1.807, 2.05) is 0 Å². The molecule has 0 aliphatic heterocycles. The Morgan fingerprint density at radius 3 is 2.67 bits per heavy atom. The van der Waals surface area contributed by atoms with Gasteiger partial charge in [0.25, 0.3) is 0 Å². The number of hydrogen-bond donors (Lipinski definition) is 2. The number of carbonyl (C=O) groups is 2. The van der Waals surface area contributed by atoms with Crippen LogP contribution in [0.3, 0.4) is 0 Å². The minimum absolute atomic E-state index is 0.0802. The molecule has 21 heavy (non-hydrogen) atoms. The number of rotatable bonds is 7. The molecule has 2 fully saturated rings. The fourth-order valence-electron chi connectivity index (χ4n) is 3.97. The molecule has 2 rings (SSSR count). The molecule has 2 bridgehead atoms. The number of nitrogens with one attached hydrogen (secondary N) is 2. The topological polar surface area (TPSA) is 67.4 Å². The molecule has 5 heteroatoms. The highest BCUT2D eigenvalue weighted by Crippen LogP contribution is 2.49. The highest BCUT2D eigenvalue weighted by molar-refractivity contribution is 5.74. The Labute approximate surface area is 127 Å². The molecule has 0 heterocycles. The number of methoxy groups -OCH3 is 1. The van der Waals surface area contributed by atoms with Crippen LogP contribution >= 0.6 is 0 Å². The molecule has 120 valence electrons. The Hall–Kier alpha value is -1.26. The van der Waals surface area contributed by atoms with Crippen LogP contribution in [-0.2, 0) is 9.53 Å². The van der Waals surface area contributed by atoms with E-state index in [1.165, 1.54) is 32.8 Å². The summed E-state index contributed by atoms with van der Waals surface area (Å²) in [5.74, 6) is 2.20. The molecule has 2 amide bonds. The third-order valence-corrected chi connectivity index (χ3v) is 5.11. The number of amides is 2. The van der Waals surface area contributed by atoms with Gasteiger partial charge in [-0.05, 0) is 56.8 Å². The molecule has 0 saturated heterocycles. The molecule has 2 saturated carbocycles. The normalized spacial score (nSPS) is 28.2. The van der Waals surface area contributed by atoms with Crippen molar-refractivity contribution >= 4 is 12.0 Å². The Balaban J connectivity index is 1.56. The quantitative estimate of drug-likeness (QED) is 0.560. The van der Waals surface area contributed by atoms with Crippen LogP contribution in [-0.4, -0.2) is 31.7 Å². The summed E-state index contributed by atoms with van der Waals surface area (Å²) in [5, 5.41) is 5.95. The van der Waals surface area contributed by atoms with Crippen molar-refractivity contribution in [3.05, 3.63) is 0 Å². The largest absolute Gasteiger partial charge is 0.469 e. The van der Waals surface area contributed by atoms with Gasteiger partial charge in [-0.3, -0.25) is 4.79 Å². The average molecular weight is 296 g/mol. The van der Waals surface area contributed by atoms with E-state index in [0.29, 0.717) is 18.9 Å². The van der Waals surface area contributed by atoms with Crippen molar-refractivity contribution in [1.29, 1.82) is 0 Å². The van der Waals surface area contributed by atoms with Gasteiger partial charge in [-0.1, -0.05) is 6.42 Å². The SMILES string of the molecule is COC(=O)CCCCNC(=O)NC(C)C1CC2CCC1C2. The second kappa shape index (κ2) is 7.66. The maximum absolute atomic E-state index is 11.9. The molecule has 5 nitrogen and oxygen atoms in total. The van der Waals surface area contributed by atoms with Gasteiger partial charge in [0.2, 0.25) is 0 Å². The Kier molecular flexibility index (Phi) is 5.88. The van der Waals surface area contributed by atoms with E-state index >= 15 is 0 Å². The lowest BCUT2D eigenvalue weighted by atomic mass is 9.84. The molecule has 4 unspecified atom stereocenters. The average Bonchev–Trinajstić information content (AvgIpc) is 3.09. The van der Waals surface area contributed by atoms with Gasteiger partial charge in [0.1, 0.15) is 0 Å². The lowest BCUT2D eigenvalue weighted by Gasteiger charge is -2.28. The van der Waals surface area contributed by atoms with E-state index in [-0.39, 0.29) is 18.0 Å². The molecule has 2 aliphatic carbocycles. The first-order valence-electron chi connectivity index (χ1n) is 8.21. The third kappa shape index (κ3) is 4.61. The van der Waals surface area contributed by atoms with Gasteiger partial charge >= 0.3 is 12.0 Å². The number of unbranched alkanes of at least 4 members (excludes halogenated alkanes) is 1. The summed E-state index contributed by atoms with van der Waals surface area (Å²) in [7, 11) is 1.39. The van der Waals surface area contributed by atoms with Gasteiger partial charge in [-0.2, -0.15) is 0 Å². The Morgan fingerprint density at radius 1 is 1.24 bits per heavy atom. The minimum atomic E-state index is -0.190. The minimum Gasteiger partial charge on any atom is -0.469 e. The zero-order chi connectivity index (χ0) is 15.2. The summed E-state index contributed by atoms with van der Waals surface area (Å²) in [6.45, 7) is 2.73. The molecular formula is C16H28N2O3. The monoisotopic (exact) mass is 296 g/mol. The van der Waals surface area contributed by atoms with Gasteiger partial charge in [0.05, 0.1) is 7.11 Å². The highest BCUT2D eigenvalue weighted by atomic mass is 16.5. The third-order valence-electron chi connectivity index (χ3n) is 5.11. The molecule has 0 aromatic carbocycles. The summed E-state index contributed by atoms with van der Waals surface area (Å²) >= 11 is 0. The molecule has 0 aromatic heterocycles. The van der Waals surface area contributed by atoms with E-state index in [2.05, 4.69) is 22.3 Å². The number of esters is 1. The van der Waals surface area contributed by atoms with Gasteiger partial charge < -0.3 is 15.4 Å².